The van der Waals surface area contributed by atoms with Gasteiger partial charge in [-0.05, 0) is 23.8 Å². The van der Waals surface area contributed by atoms with E-state index >= 15 is 0 Å². The molecule has 0 amide bonds. The Morgan fingerprint density at radius 1 is 1.05 bits per heavy atom. The quantitative estimate of drug-likeness (QED) is 0.812. The Morgan fingerprint density at radius 2 is 1.70 bits per heavy atom. The van der Waals surface area contributed by atoms with E-state index in [4.69, 9.17) is 0 Å². The molecular weight excluding hydrogens is 270 g/mol. The van der Waals surface area contributed by atoms with E-state index in [9.17, 15) is 8.42 Å². The summed E-state index contributed by atoms with van der Waals surface area (Å²) in [5, 5.41) is 0. The van der Waals surface area contributed by atoms with Crippen molar-refractivity contribution in [2.45, 2.75) is 10.8 Å². The van der Waals surface area contributed by atoms with E-state index in [-0.39, 0.29) is 5.92 Å². The molecule has 0 fully saturated rings. The molecule has 102 valence electrons. The molecule has 1 unspecified atom stereocenters. The number of hydrogen-bond acceptors (Lipinski definition) is 2. The molecule has 0 radical (unpaired) electrons. The van der Waals surface area contributed by atoms with Gasteiger partial charge >= 0.3 is 0 Å². The summed E-state index contributed by atoms with van der Waals surface area (Å²) in [6, 6.07) is 16.1. The summed E-state index contributed by atoms with van der Waals surface area (Å²) in [5.41, 5.74) is 1.77. The monoisotopic (exact) mass is 285 g/mol. The third kappa shape index (κ3) is 1.93. The van der Waals surface area contributed by atoms with Crippen LogP contribution in [0.4, 0.5) is 5.69 Å². The lowest BCUT2D eigenvalue weighted by Crippen LogP contribution is -2.29. The molecule has 1 aliphatic heterocycles. The fraction of sp³-hybridized carbons (Fsp3) is 0.125. The minimum absolute atomic E-state index is 0.0460. The van der Waals surface area contributed by atoms with Gasteiger partial charge in [0.15, 0.2) is 0 Å². The zero-order valence-corrected chi connectivity index (χ0v) is 11.8. The summed E-state index contributed by atoms with van der Waals surface area (Å²) in [7, 11) is -3.51. The van der Waals surface area contributed by atoms with Crippen LogP contribution < -0.4 is 4.31 Å². The topological polar surface area (TPSA) is 37.4 Å². The maximum absolute atomic E-state index is 12.8. The zero-order valence-electron chi connectivity index (χ0n) is 10.9. The first-order chi connectivity index (χ1) is 9.64. The fourth-order valence-corrected chi connectivity index (χ4v) is 4.09. The Labute approximate surface area is 119 Å². The maximum atomic E-state index is 12.8. The molecule has 4 heteroatoms. The van der Waals surface area contributed by atoms with Crippen LogP contribution in [-0.2, 0) is 10.0 Å². The van der Waals surface area contributed by atoms with Crippen molar-refractivity contribution in [1.29, 1.82) is 0 Å². The molecule has 0 N–H and O–H groups in total. The van der Waals surface area contributed by atoms with Gasteiger partial charge in [0.05, 0.1) is 10.6 Å². The van der Waals surface area contributed by atoms with Gasteiger partial charge in [-0.3, -0.25) is 4.31 Å². The Bertz CT molecular complexity index is 738. The Morgan fingerprint density at radius 3 is 2.40 bits per heavy atom. The highest BCUT2D eigenvalue weighted by molar-refractivity contribution is 7.92. The SMILES string of the molecule is C=CC1CN(S(=O)(=O)c2ccccc2)c2ccccc21. The third-order valence-electron chi connectivity index (χ3n) is 3.58. The molecule has 2 aromatic carbocycles. The van der Waals surface area contributed by atoms with Gasteiger partial charge in [0.25, 0.3) is 10.0 Å². The lowest BCUT2D eigenvalue weighted by atomic mass is 10.0. The molecule has 0 aliphatic carbocycles. The van der Waals surface area contributed by atoms with Gasteiger partial charge in [-0.2, -0.15) is 0 Å². The van der Waals surface area contributed by atoms with Gasteiger partial charge in [-0.25, -0.2) is 8.42 Å². The fourth-order valence-electron chi connectivity index (χ4n) is 2.55. The second-order valence-electron chi connectivity index (χ2n) is 4.75. The van der Waals surface area contributed by atoms with Gasteiger partial charge < -0.3 is 0 Å². The number of rotatable bonds is 3. The molecule has 2 aromatic rings. The molecule has 3 nitrogen and oxygen atoms in total. The van der Waals surface area contributed by atoms with Gasteiger partial charge in [-0.1, -0.05) is 42.5 Å². The van der Waals surface area contributed by atoms with Crippen molar-refractivity contribution >= 4 is 15.7 Å². The molecule has 3 rings (SSSR count). The van der Waals surface area contributed by atoms with Gasteiger partial charge in [0.1, 0.15) is 0 Å². The van der Waals surface area contributed by atoms with Crippen LogP contribution in [-0.4, -0.2) is 15.0 Å². The number of para-hydroxylation sites is 1. The van der Waals surface area contributed by atoms with Crippen molar-refractivity contribution in [2.24, 2.45) is 0 Å². The van der Waals surface area contributed by atoms with Crippen molar-refractivity contribution in [3.63, 3.8) is 0 Å². The minimum atomic E-state index is -3.51. The highest BCUT2D eigenvalue weighted by Gasteiger charge is 2.34. The number of anilines is 1. The molecule has 1 aliphatic rings. The van der Waals surface area contributed by atoms with Crippen LogP contribution in [0.5, 0.6) is 0 Å². The van der Waals surface area contributed by atoms with Gasteiger partial charge in [-0.15, -0.1) is 6.58 Å². The highest BCUT2D eigenvalue weighted by atomic mass is 32.2. The number of nitrogens with zero attached hydrogens (tertiary/aromatic N) is 1. The van der Waals surface area contributed by atoms with E-state index in [0.717, 1.165) is 11.3 Å². The van der Waals surface area contributed by atoms with Crippen LogP contribution in [0.1, 0.15) is 11.5 Å². The number of hydrogen-bond donors (Lipinski definition) is 0. The molecule has 1 heterocycles. The first-order valence-corrected chi connectivity index (χ1v) is 7.88. The predicted octanol–water partition coefficient (Wildman–Crippen LogP) is 3.17. The zero-order chi connectivity index (χ0) is 14.2. The molecule has 0 spiro atoms. The van der Waals surface area contributed by atoms with E-state index in [1.54, 1.807) is 30.3 Å². The van der Waals surface area contributed by atoms with Gasteiger partial charge in [0, 0.05) is 12.5 Å². The number of benzene rings is 2. The molecule has 0 saturated heterocycles. The van der Waals surface area contributed by atoms with Crippen molar-refractivity contribution in [3.8, 4) is 0 Å². The van der Waals surface area contributed by atoms with Crippen LogP contribution in [0, 0.1) is 0 Å². The minimum Gasteiger partial charge on any atom is -0.265 e. The second-order valence-corrected chi connectivity index (χ2v) is 6.61. The van der Waals surface area contributed by atoms with Crippen LogP contribution >= 0.6 is 0 Å². The first-order valence-electron chi connectivity index (χ1n) is 6.44. The van der Waals surface area contributed by atoms with Crippen LogP contribution in [0.2, 0.25) is 0 Å². The average molecular weight is 285 g/mol. The Balaban J connectivity index is 2.11. The lowest BCUT2D eigenvalue weighted by Gasteiger charge is -2.19. The summed E-state index contributed by atoms with van der Waals surface area (Å²) >= 11 is 0. The smallest absolute Gasteiger partial charge is 0.264 e. The number of fused-ring (bicyclic) bond motifs is 1. The molecule has 0 saturated carbocycles. The van der Waals surface area contributed by atoms with Crippen molar-refractivity contribution in [1.82, 2.24) is 0 Å². The molecule has 20 heavy (non-hydrogen) atoms. The van der Waals surface area contributed by atoms with Crippen molar-refractivity contribution < 1.29 is 8.42 Å². The van der Waals surface area contributed by atoms with E-state index in [2.05, 4.69) is 6.58 Å². The standard InChI is InChI=1S/C16H15NO2S/c1-2-13-12-17(16-11-7-6-10-15(13)16)20(18,19)14-8-4-3-5-9-14/h2-11,13H,1,12H2. The predicted molar refractivity (Wildman–Crippen MR) is 80.4 cm³/mol. The largest absolute Gasteiger partial charge is 0.265 e. The van der Waals surface area contributed by atoms with Crippen molar-refractivity contribution in [2.75, 3.05) is 10.8 Å². The van der Waals surface area contributed by atoms with E-state index in [1.165, 1.54) is 4.31 Å². The normalized spacial score (nSPS) is 17.8. The highest BCUT2D eigenvalue weighted by Crippen LogP contribution is 2.39. The van der Waals surface area contributed by atoms with Crippen LogP contribution in [0.25, 0.3) is 0 Å². The van der Waals surface area contributed by atoms with Crippen LogP contribution in [0.15, 0.2) is 72.1 Å². The summed E-state index contributed by atoms with van der Waals surface area (Å²) in [6.45, 7) is 4.23. The summed E-state index contributed by atoms with van der Waals surface area (Å²) in [5.74, 6) is 0.0460. The maximum Gasteiger partial charge on any atom is 0.264 e. The van der Waals surface area contributed by atoms with Crippen LogP contribution in [0.3, 0.4) is 0 Å². The first kappa shape index (κ1) is 12.9. The van der Waals surface area contributed by atoms with Crippen molar-refractivity contribution in [3.05, 3.63) is 72.8 Å². The summed E-state index contributed by atoms with van der Waals surface area (Å²) in [6.07, 6.45) is 1.80. The molecular formula is C16H15NO2S. The average Bonchev–Trinajstić information content (AvgIpc) is 2.88. The van der Waals surface area contributed by atoms with E-state index in [0.29, 0.717) is 11.4 Å². The molecule has 1 atom stereocenters. The second kappa shape index (κ2) is 4.80. The Kier molecular flexibility index (Phi) is 3.10. The third-order valence-corrected chi connectivity index (χ3v) is 5.38. The van der Waals surface area contributed by atoms with Gasteiger partial charge in [0.2, 0.25) is 0 Å². The van der Waals surface area contributed by atoms with E-state index < -0.39 is 10.0 Å². The lowest BCUT2D eigenvalue weighted by molar-refractivity contribution is 0.591. The summed E-state index contributed by atoms with van der Waals surface area (Å²) in [4.78, 5) is 0.319. The summed E-state index contributed by atoms with van der Waals surface area (Å²) < 4.78 is 27.0. The molecule has 0 bridgehead atoms. The molecule has 0 aromatic heterocycles. The van der Waals surface area contributed by atoms with E-state index in [1.807, 2.05) is 30.3 Å². The Hall–Kier alpha value is -2.07. The number of sulfonamides is 1.